The van der Waals surface area contributed by atoms with E-state index < -0.39 is 19.9 Å². The first-order valence-corrected chi connectivity index (χ1v) is 10.7. The molecule has 1 atom stereocenters. The maximum absolute atomic E-state index is 13.3. The Morgan fingerprint density at radius 3 is 1.75 bits per heavy atom. The van der Waals surface area contributed by atoms with Gasteiger partial charge in [0, 0.05) is 0 Å². The van der Waals surface area contributed by atoms with Gasteiger partial charge in [-0.25, -0.2) is 9.36 Å². The molecule has 0 fully saturated rings. The van der Waals surface area contributed by atoms with Crippen molar-refractivity contribution < 1.29 is 27.7 Å². The first-order chi connectivity index (χ1) is 13.4. The molecule has 28 heavy (non-hydrogen) atoms. The molecule has 0 amide bonds. The molecule has 0 aliphatic carbocycles. The fraction of sp³-hybridized carbons (Fsp3) is 0.381. The number of phosphoric ester groups is 1. The second kappa shape index (κ2) is 11.1. The second-order valence-corrected chi connectivity index (χ2v) is 8.11. The average molecular weight is 406 g/mol. The van der Waals surface area contributed by atoms with Crippen molar-refractivity contribution in [3.05, 3.63) is 71.8 Å². The largest absolute Gasteiger partial charge is 0.476 e. The number of hydrogen-bond donors (Lipinski definition) is 0. The lowest BCUT2D eigenvalue weighted by molar-refractivity contribution is -0.155. The van der Waals surface area contributed by atoms with Gasteiger partial charge in [-0.2, -0.15) is 0 Å². The molecule has 0 radical (unpaired) electrons. The number of ether oxygens (including phenoxy) is 1. The molecule has 2 aromatic rings. The molecule has 152 valence electrons. The van der Waals surface area contributed by atoms with Crippen LogP contribution in [0.3, 0.4) is 0 Å². The maximum atomic E-state index is 13.3. The lowest BCUT2D eigenvalue weighted by Gasteiger charge is -2.25. The Kier molecular flexibility index (Phi) is 8.87. The number of carbonyl (C=O) groups excluding carboxylic acids is 1. The summed E-state index contributed by atoms with van der Waals surface area (Å²) in [6, 6.07) is 18.5. The standard InChI is InChI=1S/C21H27O6P/c1-4-24-21(22)20(17(2)3)27-28(23,25-15-18-11-7-5-8-12-18)26-16-19-13-9-6-10-14-19/h5-14,17,20H,4,15-16H2,1-3H3. The number of hydrogen-bond acceptors (Lipinski definition) is 6. The first-order valence-electron chi connectivity index (χ1n) is 9.25. The molecule has 0 spiro atoms. The number of phosphoric acid groups is 1. The average Bonchev–Trinajstić information content (AvgIpc) is 2.71. The van der Waals surface area contributed by atoms with Crippen molar-refractivity contribution in [3.63, 3.8) is 0 Å². The molecular formula is C21H27O6P. The molecule has 0 saturated heterocycles. The van der Waals surface area contributed by atoms with Crippen molar-refractivity contribution in [3.8, 4) is 0 Å². The summed E-state index contributed by atoms with van der Waals surface area (Å²) in [5, 5.41) is 0. The normalized spacial score (nSPS) is 12.7. The second-order valence-electron chi connectivity index (χ2n) is 6.49. The van der Waals surface area contributed by atoms with Crippen LogP contribution in [0.2, 0.25) is 0 Å². The number of esters is 1. The van der Waals surface area contributed by atoms with Crippen LogP contribution in [-0.4, -0.2) is 18.7 Å². The monoisotopic (exact) mass is 406 g/mol. The summed E-state index contributed by atoms with van der Waals surface area (Å²) >= 11 is 0. The summed E-state index contributed by atoms with van der Waals surface area (Å²) in [6.07, 6.45) is -1.06. The Labute approximate surface area is 166 Å². The van der Waals surface area contributed by atoms with E-state index >= 15 is 0 Å². The van der Waals surface area contributed by atoms with E-state index in [9.17, 15) is 9.36 Å². The van der Waals surface area contributed by atoms with Gasteiger partial charge in [-0.1, -0.05) is 74.5 Å². The van der Waals surface area contributed by atoms with E-state index in [4.69, 9.17) is 18.3 Å². The zero-order chi connectivity index (χ0) is 20.4. The zero-order valence-electron chi connectivity index (χ0n) is 16.4. The van der Waals surface area contributed by atoms with Crippen molar-refractivity contribution in [2.24, 2.45) is 5.92 Å². The molecule has 2 rings (SSSR count). The maximum Gasteiger partial charge on any atom is 0.476 e. The molecule has 0 aliphatic rings. The summed E-state index contributed by atoms with van der Waals surface area (Å²) in [5.74, 6) is -0.864. The third-order valence-electron chi connectivity index (χ3n) is 3.83. The first kappa shape index (κ1) is 22.3. The van der Waals surface area contributed by atoms with Crippen molar-refractivity contribution >= 4 is 13.8 Å². The van der Waals surface area contributed by atoms with Crippen LogP contribution < -0.4 is 0 Å². The Morgan fingerprint density at radius 2 is 1.36 bits per heavy atom. The minimum atomic E-state index is -4.04. The number of carbonyl (C=O) groups is 1. The minimum absolute atomic E-state index is 0.0283. The quantitative estimate of drug-likeness (QED) is 0.380. The van der Waals surface area contributed by atoms with Gasteiger partial charge in [0.15, 0.2) is 6.10 Å². The summed E-state index contributed by atoms with van der Waals surface area (Å²) in [4.78, 5) is 12.2. The molecule has 0 heterocycles. The van der Waals surface area contributed by atoms with Crippen LogP contribution in [-0.2, 0) is 40.9 Å². The third kappa shape index (κ3) is 7.21. The van der Waals surface area contributed by atoms with Crippen molar-refractivity contribution in [1.29, 1.82) is 0 Å². The lowest BCUT2D eigenvalue weighted by atomic mass is 10.1. The molecule has 0 N–H and O–H groups in total. The van der Waals surface area contributed by atoms with E-state index in [0.29, 0.717) is 0 Å². The molecule has 6 nitrogen and oxygen atoms in total. The van der Waals surface area contributed by atoms with Crippen LogP contribution in [0.5, 0.6) is 0 Å². The molecule has 7 heteroatoms. The van der Waals surface area contributed by atoms with Gasteiger partial charge in [-0.15, -0.1) is 0 Å². The zero-order valence-corrected chi connectivity index (χ0v) is 17.3. The Bertz CT molecular complexity index is 715. The van der Waals surface area contributed by atoms with Crippen LogP contribution >= 0.6 is 7.82 Å². The predicted molar refractivity (Wildman–Crippen MR) is 106 cm³/mol. The Hall–Kier alpha value is -1.98. The van der Waals surface area contributed by atoms with Gasteiger partial charge in [-0.3, -0.25) is 13.6 Å². The molecule has 0 aliphatic heterocycles. The summed E-state index contributed by atoms with van der Waals surface area (Å²) in [7, 11) is -4.04. The van der Waals surface area contributed by atoms with Gasteiger partial charge >= 0.3 is 13.8 Å². The molecule has 2 aromatic carbocycles. The minimum Gasteiger partial charge on any atom is -0.464 e. The fourth-order valence-corrected chi connectivity index (χ4v) is 3.77. The smallest absolute Gasteiger partial charge is 0.464 e. The highest BCUT2D eigenvalue weighted by Gasteiger charge is 2.37. The van der Waals surface area contributed by atoms with E-state index in [1.54, 1.807) is 20.8 Å². The third-order valence-corrected chi connectivity index (χ3v) is 5.21. The van der Waals surface area contributed by atoms with Gasteiger partial charge < -0.3 is 4.74 Å². The Balaban J connectivity index is 2.15. The van der Waals surface area contributed by atoms with Crippen LogP contribution in [0.25, 0.3) is 0 Å². The van der Waals surface area contributed by atoms with E-state index in [-0.39, 0.29) is 25.7 Å². The van der Waals surface area contributed by atoms with Crippen molar-refractivity contribution in [1.82, 2.24) is 0 Å². The molecular weight excluding hydrogens is 379 g/mol. The summed E-state index contributed by atoms with van der Waals surface area (Å²) in [5.41, 5.74) is 1.62. The van der Waals surface area contributed by atoms with E-state index in [1.165, 1.54) is 0 Å². The van der Waals surface area contributed by atoms with Gasteiger partial charge in [0.1, 0.15) is 0 Å². The van der Waals surface area contributed by atoms with Crippen molar-refractivity contribution in [2.75, 3.05) is 6.61 Å². The van der Waals surface area contributed by atoms with Gasteiger partial charge in [0.2, 0.25) is 0 Å². The number of benzene rings is 2. The highest BCUT2D eigenvalue weighted by Crippen LogP contribution is 2.52. The van der Waals surface area contributed by atoms with E-state index in [1.807, 2.05) is 60.7 Å². The topological polar surface area (TPSA) is 71.1 Å². The molecule has 0 saturated carbocycles. The Morgan fingerprint density at radius 1 is 0.893 bits per heavy atom. The van der Waals surface area contributed by atoms with Crippen LogP contribution in [0.1, 0.15) is 31.9 Å². The lowest BCUT2D eigenvalue weighted by Crippen LogP contribution is -2.31. The predicted octanol–water partition coefficient (Wildman–Crippen LogP) is 5.13. The van der Waals surface area contributed by atoms with Gasteiger partial charge in [0.25, 0.3) is 0 Å². The molecule has 0 bridgehead atoms. The van der Waals surface area contributed by atoms with E-state index in [0.717, 1.165) is 11.1 Å². The van der Waals surface area contributed by atoms with Crippen LogP contribution in [0.15, 0.2) is 60.7 Å². The van der Waals surface area contributed by atoms with Crippen LogP contribution in [0.4, 0.5) is 0 Å². The van der Waals surface area contributed by atoms with E-state index in [2.05, 4.69) is 0 Å². The molecule has 0 aromatic heterocycles. The highest BCUT2D eigenvalue weighted by atomic mass is 31.2. The van der Waals surface area contributed by atoms with Gasteiger partial charge in [0.05, 0.1) is 19.8 Å². The molecule has 1 unspecified atom stereocenters. The SMILES string of the molecule is CCOC(=O)C(OP(=O)(OCc1ccccc1)OCc1ccccc1)C(C)C. The van der Waals surface area contributed by atoms with Crippen LogP contribution in [0, 0.1) is 5.92 Å². The summed E-state index contributed by atoms with van der Waals surface area (Å²) < 4.78 is 35.0. The van der Waals surface area contributed by atoms with Gasteiger partial charge in [-0.05, 0) is 24.0 Å². The number of rotatable bonds is 11. The fourth-order valence-electron chi connectivity index (χ4n) is 2.35. The highest BCUT2D eigenvalue weighted by molar-refractivity contribution is 7.48. The summed E-state index contributed by atoms with van der Waals surface area (Å²) in [6.45, 7) is 5.51. The van der Waals surface area contributed by atoms with Crippen molar-refractivity contribution in [2.45, 2.75) is 40.1 Å².